The molecule has 4 aromatic rings. The molecule has 5 rings (SSSR count). The van der Waals surface area contributed by atoms with Crippen LogP contribution in [0.5, 0.6) is 5.75 Å². The van der Waals surface area contributed by atoms with Crippen molar-refractivity contribution < 1.29 is 24.6 Å². The summed E-state index contributed by atoms with van der Waals surface area (Å²) in [4.78, 5) is 17.9. The third-order valence-corrected chi connectivity index (χ3v) is 8.02. The first-order valence-corrected chi connectivity index (χ1v) is 14.6. The van der Waals surface area contributed by atoms with Gasteiger partial charge >= 0.3 is 0 Å². The number of nitrogens with one attached hydrogen (secondary N) is 2. The van der Waals surface area contributed by atoms with Crippen LogP contribution in [-0.4, -0.2) is 45.4 Å². The minimum atomic E-state index is -0.709. The van der Waals surface area contributed by atoms with Crippen molar-refractivity contribution in [1.29, 1.82) is 10.5 Å². The molecule has 0 aliphatic carbocycles. The van der Waals surface area contributed by atoms with Crippen LogP contribution in [0.25, 0.3) is 28.3 Å². The number of nitriles is 2. The van der Waals surface area contributed by atoms with Gasteiger partial charge in [0.05, 0.1) is 12.2 Å². The Kier molecular flexibility index (Phi) is 10.0. The van der Waals surface area contributed by atoms with E-state index in [4.69, 9.17) is 5.21 Å². The number of nitrogens with zero attached hydrogens (tertiary/aromatic N) is 4. The maximum Gasteiger partial charge on any atom is 0.267 e. The molecule has 0 radical (unpaired) electrons. The molecule has 10 nitrogen and oxygen atoms in total. The number of carbonyl (C=O) groups is 1. The highest BCUT2D eigenvalue weighted by Crippen LogP contribution is 2.40. The molecule has 0 saturated carbocycles. The number of hydrogen-bond acceptors (Lipinski definition) is 9. The summed E-state index contributed by atoms with van der Waals surface area (Å²) in [5.74, 6) is -0.953. The van der Waals surface area contributed by atoms with Crippen LogP contribution in [0.15, 0.2) is 72.9 Å². The van der Waals surface area contributed by atoms with Crippen molar-refractivity contribution in [3.8, 4) is 40.1 Å². The third kappa shape index (κ3) is 7.04. The molecular weight excluding hydrogens is 587 g/mol. The second-order valence-electron chi connectivity index (χ2n) is 10.9. The van der Waals surface area contributed by atoms with Crippen LogP contribution in [-0.2, 0) is 17.9 Å². The van der Waals surface area contributed by atoms with E-state index in [1.807, 2.05) is 35.2 Å². The second kappa shape index (κ2) is 14.5. The molecule has 5 N–H and O–H groups in total. The van der Waals surface area contributed by atoms with Crippen molar-refractivity contribution in [2.24, 2.45) is 0 Å². The number of carbonyl (C=O) groups excluding carboxylic acids is 1. The minimum Gasteiger partial charge on any atom is -0.508 e. The Morgan fingerprint density at radius 2 is 1.78 bits per heavy atom. The van der Waals surface area contributed by atoms with Gasteiger partial charge in [-0.2, -0.15) is 10.5 Å². The number of amides is 1. The fraction of sp³-hybridized carbons (Fsp3) is 0.200. The van der Waals surface area contributed by atoms with Crippen LogP contribution >= 0.6 is 0 Å². The van der Waals surface area contributed by atoms with E-state index in [1.165, 1.54) is 24.3 Å². The van der Waals surface area contributed by atoms with Crippen LogP contribution in [0, 0.1) is 28.5 Å². The van der Waals surface area contributed by atoms with Crippen molar-refractivity contribution in [2.45, 2.75) is 32.0 Å². The number of rotatable bonds is 9. The van der Waals surface area contributed by atoms with Gasteiger partial charge in [0.1, 0.15) is 35.1 Å². The smallest absolute Gasteiger partial charge is 0.267 e. The number of halogens is 1. The molecule has 1 aromatic heterocycles. The quantitative estimate of drug-likeness (QED) is 0.101. The molecule has 46 heavy (non-hydrogen) atoms. The molecule has 232 valence electrons. The molecule has 1 aliphatic rings. The van der Waals surface area contributed by atoms with Crippen LogP contribution in [0.3, 0.4) is 0 Å². The van der Waals surface area contributed by atoms with Gasteiger partial charge in [-0.05, 0) is 59.4 Å². The van der Waals surface area contributed by atoms with Gasteiger partial charge in [0.25, 0.3) is 5.91 Å². The molecule has 11 heteroatoms. The molecule has 1 aliphatic heterocycles. The summed E-state index contributed by atoms with van der Waals surface area (Å²) in [5.41, 5.74) is 5.81. The fourth-order valence-electron chi connectivity index (χ4n) is 5.51. The average molecular weight is 619 g/mol. The number of pyridine rings is 1. The number of piperidine rings is 1. The first-order valence-electron chi connectivity index (χ1n) is 14.6. The Bertz CT molecular complexity index is 1860. The number of aliphatic hydroxyl groups excluding tert-OH is 1. The summed E-state index contributed by atoms with van der Waals surface area (Å²) < 4.78 is 14.8. The van der Waals surface area contributed by atoms with E-state index in [9.17, 15) is 29.9 Å². The van der Waals surface area contributed by atoms with Crippen molar-refractivity contribution in [3.63, 3.8) is 0 Å². The van der Waals surface area contributed by atoms with E-state index in [1.54, 1.807) is 36.0 Å². The lowest BCUT2D eigenvalue weighted by Gasteiger charge is -2.34. The molecule has 1 saturated heterocycles. The number of benzene rings is 3. The summed E-state index contributed by atoms with van der Waals surface area (Å²) in [6.45, 7) is 1.56. The van der Waals surface area contributed by atoms with E-state index < -0.39 is 11.7 Å². The van der Waals surface area contributed by atoms with Gasteiger partial charge in [0.15, 0.2) is 0 Å². The summed E-state index contributed by atoms with van der Waals surface area (Å²) in [6, 6.07) is 21.0. The Morgan fingerprint density at radius 3 is 2.41 bits per heavy atom. The Labute approximate surface area is 265 Å². The van der Waals surface area contributed by atoms with Crippen LogP contribution < -0.4 is 15.7 Å². The van der Waals surface area contributed by atoms with Gasteiger partial charge in [-0.3, -0.25) is 10.0 Å². The summed E-state index contributed by atoms with van der Waals surface area (Å²) in [6.07, 6.45) is 6.04. The number of hydroxylamine groups is 1. The Balaban J connectivity index is 1.36. The topological polar surface area (TPSA) is 166 Å². The zero-order chi connectivity index (χ0) is 32.6. The molecule has 0 spiro atoms. The predicted octanol–water partition coefficient (Wildman–Crippen LogP) is 4.77. The Hall–Kier alpha value is -5.59. The molecule has 1 fully saturated rings. The fourth-order valence-corrected chi connectivity index (χ4v) is 5.51. The SMILES string of the molecule is N#Cc1ccc(-c2c(-c3ccc(CO)c(O)c3)cnc(N3CCC(NCc4ccc(/C=C/C(=O)NO)cc4)CC3)c2C#N)cc1F. The number of aromatic nitrogens is 1. The van der Waals surface area contributed by atoms with Gasteiger partial charge in [-0.15, -0.1) is 0 Å². The molecule has 0 atom stereocenters. The Morgan fingerprint density at radius 1 is 1.04 bits per heavy atom. The molecule has 0 unspecified atom stereocenters. The zero-order valence-corrected chi connectivity index (χ0v) is 24.7. The summed E-state index contributed by atoms with van der Waals surface area (Å²) >= 11 is 0. The van der Waals surface area contributed by atoms with Crippen LogP contribution in [0.1, 0.15) is 40.7 Å². The monoisotopic (exact) mass is 618 g/mol. The molecule has 1 amide bonds. The van der Waals surface area contributed by atoms with E-state index in [-0.39, 0.29) is 29.5 Å². The standard InChI is InChI=1S/C35H31FN6O4/c36-31-15-25(7-8-26(31)17-37)34-29(18-38)35(40-20-30(34)24-6-9-27(21-43)32(44)16-24)42-13-11-28(12-14-42)39-19-23-3-1-22(2-4-23)5-10-33(45)41-46/h1-10,15-16,20,28,39,43-44,46H,11-14,19,21H2,(H,41,45)/b10-5+. The maximum atomic E-state index is 14.8. The van der Waals surface area contributed by atoms with Gasteiger partial charge in [-0.1, -0.05) is 42.5 Å². The highest BCUT2D eigenvalue weighted by Gasteiger charge is 2.26. The summed E-state index contributed by atoms with van der Waals surface area (Å²) in [5, 5.41) is 51.8. The van der Waals surface area contributed by atoms with E-state index >= 15 is 0 Å². The van der Waals surface area contributed by atoms with Crippen molar-refractivity contribution >= 4 is 17.8 Å². The molecular formula is C35H31FN6O4. The first-order chi connectivity index (χ1) is 22.3. The number of aromatic hydroxyl groups is 1. The van der Waals surface area contributed by atoms with Crippen molar-refractivity contribution in [3.05, 3.63) is 107 Å². The lowest BCUT2D eigenvalue weighted by atomic mass is 9.90. The van der Waals surface area contributed by atoms with E-state index in [0.717, 1.165) is 24.0 Å². The number of anilines is 1. The van der Waals surface area contributed by atoms with Gasteiger partial charge in [0, 0.05) is 54.6 Å². The maximum absolute atomic E-state index is 14.8. The van der Waals surface area contributed by atoms with Crippen LogP contribution in [0.2, 0.25) is 0 Å². The largest absolute Gasteiger partial charge is 0.508 e. The molecule has 0 bridgehead atoms. The van der Waals surface area contributed by atoms with Gasteiger partial charge in [0.2, 0.25) is 0 Å². The normalized spacial score (nSPS) is 13.4. The number of aliphatic hydroxyl groups is 1. The van der Waals surface area contributed by atoms with Crippen molar-refractivity contribution in [1.82, 2.24) is 15.8 Å². The zero-order valence-electron chi connectivity index (χ0n) is 24.7. The van der Waals surface area contributed by atoms with Gasteiger partial charge in [-0.25, -0.2) is 14.9 Å². The second-order valence-corrected chi connectivity index (χ2v) is 10.9. The average Bonchev–Trinajstić information content (AvgIpc) is 3.09. The third-order valence-electron chi connectivity index (χ3n) is 8.02. The predicted molar refractivity (Wildman–Crippen MR) is 170 cm³/mol. The number of phenols is 1. The minimum absolute atomic E-state index is 0.113. The van der Waals surface area contributed by atoms with E-state index in [0.29, 0.717) is 53.3 Å². The highest BCUT2D eigenvalue weighted by atomic mass is 19.1. The number of hydrogen-bond donors (Lipinski definition) is 5. The lowest BCUT2D eigenvalue weighted by molar-refractivity contribution is -0.124. The van der Waals surface area contributed by atoms with E-state index in [2.05, 4.69) is 16.4 Å². The summed E-state index contributed by atoms with van der Waals surface area (Å²) in [7, 11) is 0. The van der Waals surface area contributed by atoms with Crippen LogP contribution in [0.4, 0.5) is 10.2 Å². The molecule has 2 heterocycles. The lowest BCUT2D eigenvalue weighted by Crippen LogP contribution is -2.42. The molecule has 3 aromatic carbocycles. The van der Waals surface area contributed by atoms with Crippen molar-refractivity contribution in [2.75, 3.05) is 18.0 Å². The first kappa shape index (κ1) is 31.8. The highest BCUT2D eigenvalue weighted by molar-refractivity contribution is 5.91. The van der Waals surface area contributed by atoms with Gasteiger partial charge < -0.3 is 20.4 Å².